The lowest BCUT2D eigenvalue weighted by Gasteiger charge is -2.50. The molecule has 2 heterocycles. The van der Waals surface area contributed by atoms with Crippen molar-refractivity contribution >= 4 is 22.0 Å². The zero-order valence-corrected chi connectivity index (χ0v) is 22.0. The van der Waals surface area contributed by atoms with Gasteiger partial charge in [0.2, 0.25) is 5.91 Å². The standard InChI is InChI=1S/C28H34N4O4S/c1-28-12-11-22-21-8-6-20(36-37(29,34)35)18-19(21)5-7-23(22)24(28)9-10-25(28)27(33)32-16-14-31(15-17-32)26-4-2-3-13-30-26/h2-4,6,8,10,13,18,22-24H,5,7,9,11-12,14-17H2,1H3,(H2,29,34,35). The molecule has 6 rings (SSSR count). The number of nitrogens with zero attached hydrogens (tertiary/aromatic N) is 3. The summed E-state index contributed by atoms with van der Waals surface area (Å²) < 4.78 is 27.6. The second-order valence-electron chi connectivity index (χ2n) is 11.1. The lowest BCUT2D eigenvalue weighted by Crippen LogP contribution is -2.51. The van der Waals surface area contributed by atoms with Gasteiger partial charge in [-0.3, -0.25) is 4.79 Å². The number of benzene rings is 1. The second-order valence-corrected chi connectivity index (χ2v) is 12.3. The van der Waals surface area contributed by atoms with E-state index in [1.807, 2.05) is 41.4 Å². The van der Waals surface area contributed by atoms with Crippen LogP contribution in [-0.4, -0.2) is 50.4 Å². The van der Waals surface area contributed by atoms with E-state index in [0.29, 0.717) is 17.8 Å². The smallest absolute Gasteiger partial charge is 0.371 e. The first-order valence-electron chi connectivity index (χ1n) is 13.2. The fourth-order valence-corrected chi connectivity index (χ4v) is 7.87. The minimum absolute atomic E-state index is 0.0927. The Labute approximate surface area is 218 Å². The highest BCUT2D eigenvalue weighted by atomic mass is 32.2. The molecule has 2 N–H and O–H groups in total. The van der Waals surface area contributed by atoms with Gasteiger partial charge in [-0.05, 0) is 85.3 Å². The van der Waals surface area contributed by atoms with Crippen LogP contribution in [0.25, 0.3) is 0 Å². The Bertz CT molecular complexity index is 1340. The molecule has 4 unspecified atom stereocenters. The molecule has 0 bridgehead atoms. The molecule has 196 valence electrons. The molecule has 1 amide bonds. The predicted octanol–water partition coefficient (Wildman–Crippen LogP) is 3.41. The maximum atomic E-state index is 13.8. The summed E-state index contributed by atoms with van der Waals surface area (Å²) in [4.78, 5) is 22.5. The highest BCUT2D eigenvalue weighted by Gasteiger charge is 2.53. The Hall–Kier alpha value is -2.91. The van der Waals surface area contributed by atoms with Gasteiger partial charge in [-0.2, -0.15) is 13.6 Å². The summed E-state index contributed by atoms with van der Waals surface area (Å²) in [6, 6.07) is 11.5. The van der Waals surface area contributed by atoms with Gasteiger partial charge in [0.15, 0.2) is 0 Å². The van der Waals surface area contributed by atoms with Gasteiger partial charge >= 0.3 is 10.3 Å². The third-order valence-electron chi connectivity index (χ3n) is 9.26. The number of nitrogens with two attached hydrogens (primary N) is 1. The molecule has 2 aromatic rings. The number of aryl methyl sites for hydroxylation is 1. The van der Waals surface area contributed by atoms with Gasteiger partial charge in [0.25, 0.3) is 0 Å². The van der Waals surface area contributed by atoms with Gasteiger partial charge < -0.3 is 14.0 Å². The van der Waals surface area contributed by atoms with Crippen molar-refractivity contribution in [2.75, 3.05) is 31.1 Å². The Morgan fingerprint density at radius 1 is 1.14 bits per heavy atom. The third-order valence-corrected chi connectivity index (χ3v) is 9.69. The number of hydrogen-bond acceptors (Lipinski definition) is 6. The predicted molar refractivity (Wildman–Crippen MR) is 141 cm³/mol. The summed E-state index contributed by atoms with van der Waals surface area (Å²) in [6.45, 7) is 5.35. The number of allylic oxidation sites excluding steroid dienone is 1. The summed E-state index contributed by atoms with van der Waals surface area (Å²) in [5.74, 6) is 2.85. The first-order chi connectivity index (χ1) is 17.7. The second kappa shape index (κ2) is 9.13. The van der Waals surface area contributed by atoms with Crippen LogP contribution in [0, 0.1) is 17.3 Å². The summed E-state index contributed by atoms with van der Waals surface area (Å²) in [5, 5.41) is 5.06. The molecule has 1 saturated heterocycles. The number of fused-ring (bicyclic) bond motifs is 5. The van der Waals surface area contributed by atoms with Gasteiger partial charge in [-0.1, -0.05) is 25.1 Å². The Morgan fingerprint density at radius 2 is 1.95 bits per heavy atom. The largest absolute Gasteiger partial charge is 0.380 e. The van der Waals surface area contributed by atoms with E-state index < -0.39 is 10.3 Å². The lowest BCUT2D eigenvalue weighted by molar-refractivity contribution is -0.129. The van der Waals surface area contributed by atoms with E-state index in [4.69, 9.17) is 9.32 Å². The molecular formula is C28H34N4O4S. The lowest BCUT2D eigenvalue weighted by atomic mass is 9.54. The Morgan fingerprint density at radius 3 is 2.68 bits per heavy atom. The molecule has 0 spiro atoms. The van der Waals surface area contributed by atoms with Crippen molar-refractivity contribution in [2.24, 2.45) is 22.4 Å². The number of anilines is 1. The summed E-state index contributed by atoms with van der Waals surface area (Å²) in [6.07, 6.45) is 8.93. The van der Waals surface area contributed by atoms with Gasteiger partial charge in [0.05, 0.1) is 0 Å². The van der Waals surface area contributed by atoms with Crippen LogP contribution in [-0.2, 0) is 21.5 Å². The number of piperazine rings is 1. The molecule has 4 aliphatic rings. The average Bonchev–Trinajstić information content (AvgIpc) is 3.25. The SMILES string of the molecule is CC12CCC3c4ccc(OS(N)(=O)=O)cc4CCC3C1CC=C2C(=O)N1CCN(c2ccccn2)CC1. The number of carbonyl (C=O) groups is 1. The molecule has 1 saturated carbocycles. The summed E-state index contributed by atoms with van der Waals surface area (Å²) in [5.41, 5.74) is 3.37. The monoisotopic (exact) mass is 522 g/mol. The number of amides is 1. The van der Waals surface area contributed by atoms with Crippen molar-refractivity contribution in [3.05, 3.63) is 65.4 Å². The van der Waals surface area contributed by atoms with Crippen LogP contribution in [0.4, 0.5) is 5.82 Å². The number of carbonyl (C=O) groups excluding carboxylic acids is 1. The maximum absolute atomic E-state index is 13.8. The maximum Gasteiger partial charge on any atom is 0.380 e. The Balaban J connectivity index is 1.15. The molecule has 9 heteroatoms. The van der Waals surface area contributed by atoms with Crippen LogP contribution < -0.4 is 14.2 Å². The summed E-state index contributed by atoms with van der Waals surface area (Å²) >= 11 is 0. The minimum atomic E-state index is -4.04. The molecule has 8 nitrogen and oxygen atoms in total. The molecule has 3 aliphatic carbocycles. The first-order valence-corrected chi connectivity index (χ1v) is 14.7. The van der Waals surface area contributed by atoms with Crippen molar-refractivity contribution in [1.82, 2.24) is 9.88 Å². The van der Waals surface area contributed by atoms with Crippen LogP contribution >= 0.6 is 0 Å². The van der Waals surface area contributed by atoms with E-state index in [2.05, 4.69) is 22.9 Å². The van der Waals surface area contributed by atoms with Crippen molar-refractivity contribution in [3.63, 3.8) is 0 Å². The van der Waals surface area contributed by atoms with Gasteiger partial charge in [-0.25, -0.2) is 4.98 Å². The fraction of sp³-hybridized carbons (Fsp3) is 0.500. The minimum Gasteiger partial charge on any atom is -0.371 e. The van der Waals surface area contributed by atoms with Gasteiger partial charge in [0, 0.05) is 43.4 Å². The molecule has 2 fully saturated rings. The highest BCUT2D eigenvalue weighted by molar-refractivity contribution is 7.84. The molecule has 4 atom stereocenters. The molecule has 0 radical (unpaired) electrons. The normalized spacial score (nSPS) is 29.1. The highest BCUT2D eigenvalue weighted by Crippen LogP contribution is 2.61. The molecular weight excluding hydrogens is 488 g/mol. The first kappa shape index (κ1) is 24.4. The molecule has 1 aliphatic heterocycles. The zero-order valence-electron chi connectivity index (χ0n) is 21.2. The number of aromatic nitrogens is 1. The topological polar surface area (TPSA) is 106 Å². The Kier molecular flexibility index (Phi) is 6.03. The van der Waals surface area contributed by atoms with Crippen LogP contribution in [0.2, 0.25) is 0 Å². The van der Waals surface area contributed by atoms with Crippen LogP contribution in [0.3, 0.4) is 0 Å². The van der Waals surface area contributed by atoms with E-state index in [1.165, 1.54) is 5.56 Å². The van der Waals surface area contributed by atoms with Gasteiger partial charge in [0.1, 0.15) is 11.6 Å². The van der Waals surface area contributed by atoms with Crippen molar-refractivity contribution in [1.29, 1.82) is 0 Å². The van der Waals surface area contributed by atoms with E-state index in [0.717, 1.165) is 75.2 Å². The van der Waals surface area contributed by atoms with E-state index in [9.17, 15) is 13.2 Å². The third kappa shape index (κ3) is 4.42. The average molecular weight is 523 g/mol. The van der Waals surface area contributed by atoms with E-state index >= 15 is 0 Å². The van der Waals surface area contributed by atoms with E-state index in [1.54, 1.807) is 6.07 Å². The zero-order chi connectivity index (χ0) is 25.8. The summed E-state index contributed by atoms with van der Waals surface area (Å²) in [7, 11) is -4.04. The molecule has 37 heavy (non-hydrogen) atoms. The van der Waals surface area contributed by atoms with Crippen molar-refractivity contribution in [3.8, 4) is 5.75 Å². The fourth-order valence-electron chi connectivity index (χ4n) is 7.49. The number of hydrogen-bond donors (Lipinski definition) is 1. The van der Waals surface area contributed by atoms with Crippen LogP contribution in [0.5, 0.6) is 5.75 Å². The quantitative estimate of drug-likeness (QED) is 0.660. The van der Waals surface area contributed by atoms with Crippen LogP contribution in [0.15, 0.2) is 54.2 Å². The molecule has 1 aromatic heterocycles. The van der Waals surface area contributed by atoms with Crippen LogP contribution in [0.1, 0.15) is 49.7 Å². The van der Waals surface area contributed by atoms with Gasteiger partial charge in [-0.15, -0.1) is 0 Å². The molecule has 1 aromatic carbocycles. The number of rotatable bonds is 4. The van der Waals surface area contributed by atoms with E-state index in [-0.39, 0.29) is 17.1 Å². The van der Waals surface area contributed by atoms with Crippen molar-refractivity contribution < 1.29 is 17.4 Å². The van der Waals surface area contributed by atoms with Crippen molar-refractivity contribution in [2.45, 2.75) is 44.9 Å². The number of pyridine rings is 1.